The highest BCUT2D eigenvalue weighted by Crippen LogP contribution is 2.19. The summed E-state index contributed by atoms with van der Waals surface area (Å²) in [6.45, 7) is 5.22. The van der Waals surface area contributed by atoms with E-state index in [-0.39, 0.29) is 18.1 Å². The first-order chi connectivity index (χ1) is 13.3. The molecule has 0 spiro atoms. The third-order valence-electron chi connectivity index (χ3n) is 4.24. The molecule has 0 aliphatic rings. The van der Waals surface area contributed by atoms with E-state index in [1.165, 1.54) is 11.9 Å². The Bertz CT molecular complexity index is 839. The van der Waals surface area contributed by atoms with Crippen molar-refractivity contribution in [2.75, 3.05) is 25.5 Å². The van der Waals surface area contributed by atoms with E-state index < -0.39 is 18.5 Å². The molecular formula is C20H26N4O4. The number of H-pyrrole nitrogens is 1. The minimum absolute atomic E-state index is 0.131. The molecule has 2 rings (SSSR count). The van der Waals surface area contributed by atoms with Crippen LogP contribution < -0.4 is 5.32 Å². The summed E-state index contributed by atoms with van der Waals surface area (Å²) in [7, 11) is 1.48. The fraction of sp³-hybridized carbons (Fsp3) is 0.400. The Morgan fingerprint density at radius 1 is 1.21 bits per heavy atom. The van der Waals surface area contributed by atoms with Gasteiger partial charge in [-0.1, -0.05) is 31.5 Å². The number of carbonyl (C=O) groups excluding carboxylic acids is 3. The van der Waals surface area contributed by atoms with Gasteiger partial charge in [-0.3, -0.25) is 14.7 Å². The number of nitrogens with zero attached hydrogens (tertiary/aromatic N) is 2. The smallest absolute Gasteiger partial charge is 0.359 e. The van der Waals surface area contributed by atoms with Crippen LogP contribution >= 0.6 is 0 Å². The van der Waals surface area contributed by atoms with Gasteiger partial charge < -0.3 is 15.0 Å². The number of anilines is 1. The van der Waals surface area contributed by atoms with Gasteiger partial charge in [-0.2, -0.15) is 5.10 Å². The molecule has 0 bridgehead atoms. The van der Waals surface area contributed by atoms with E-state index in [1.807, 2.05) is 39.0 Å². The average molecular weight is 386 g/mol. The van der Waals surface area contributed by atoms with E-state index in [0.717, 1.165) is 35.3 Å². The van der Waals surface area contributed by atoms with Gasteiger partial charge in [0.05, 0.1) is 6.54 Å². The van der Waals surface area contributed by atoms with Crippen LogP contribution in [0.2, 0.25) is 0 Å². The topological polar surface area (TPSA) is 104 Å². The monoisotopic (exact) mass is 386 g/mol. The third kappa shape index (κ3) is 5.67. The van der Waals surface area contributed by atoms with Crippen LogP contribution in [0.3, 0.4) is 0 Å². The van der Waals surface area contributed by atoms with E-state index >= 15 is 0 Å². The Morgan fingerprint density at radius 3 is 2.54 bits per heavy atom. The van der Waals surface area contributed by atoms with E-state index in [1.54, 1.807) is 6.07 Å². The molecule has 0 aliphatic heterocycles. The number of hydrogen-bond acceptors (Lipinski definition) is 5. The number of benzene rings is 1. The quantitative estimate of drug-likeness (QED) is 0.677. The van der Waals surface area contributed by atoms with Gasteiger partial charge >= 0.3 is 5.97 Å². The van der Waals surface area contributed by atoms with Crippen molar-refractivity contribution in [1.29, 1.82) is 0 Å². The van der Waals surface area contributed by atoms with Gasteiger partial charge in [-0.25, -0.2) is 4.79 Å². The van der Waals surface area contributed by atoms with Crippen LogP contribution in [0.25, 0.3) is 0 Å². The zero-order chi connectivity index (χ0) is 20.7. The van der Waals surface area contributed by atoms with Crippen molar-refractivity contribution >= 4 is 23.5 Å². The highest BCUT2D eigenvalue weighted by Gasteiger charge is 2.18. The van der Waals surface area contributed by atoms with Crippen molar-refractivity contribution in [3.8, 4) is 0 Å². The fourth-order valence-electron chi connectivity index (χ4n) is 2.67. The molecule has 0 atom stereocenters. The second kappa shape index (κ2) is 9.68. The number of amides is 2. The number of para-hydroxylation sites is 1. The first kappa shape index (κ1) is 21.1. The summed E-state index contributed by atoms with van der Waals surface area (Å²) in [5.41, 5.74) is 3.59. The summed E-state index contributed by atoms with van der Waals surface area (Å²) >= 11 is 0. The lowest BCUT2D eigenvalue weighted by Gasteiger charge is -2.18. The summed E-state index contributed by atoms with van der Waals surface area (Å²) in [4.78, 5) is 37.6. The summed E-state index contributed by atoms with van der Waals surface area (Å²) in [6, 6.07) is 7.32. The maximum absolute atomic E-state index is 12.2. The molecule has 150 valence electrons. The molecular weight excluding hydrogens is 360 g/mol. The van der Waals surface area contributed by atoms with E-state index in [4.69, 9.17) is 4.74 Å². The number of rotatable bonds is 8. The fourth-order valence-corrected chi connectivity index (χ4v) is 2.67. The number of aromatic amines is 1. The van der Waals surface area contributed by atoms with Gasteiger partial charge in [0.2, 0.25) is 5.91 Å². The number of nitrogens with one attached hydrogen (secondary N) is 2. The maximum Gasteiger partial charge on any atom is 0.359 e. The van der Waals surface area contributed by atoms with Crippen LogP contribution in [-0.2, 0) is 20.7 Å². The van der Waals surface area contributed by atoms with Crippen molar-refractivity contribution < 1.29 is 19.1 Å². The molecule has 1 aromatic heterocycles. The van der Waals surface area contributed by atoms with Crippen LogP contribution in [0.4, 0.5) is 5.69 Å². The first-order valence-electron chi connectivity index (χ1n) is 9.13. The molecule has 1 heterocycles. The summed E-state index contributed by atoms with van der Waals surface area (Å²) in [5.74, 6) is -1.48. The van der Waals surface area contributed by atoms with Crippen molar-refractivity contribution in [1.82, 2.24) is 15.1 Å². The van der Waals surface area contributed by atoms with Crippen LogP contribution in [0.1, 0.15) is 40.7 Å². The summed E-state index contributed by atoms with van der Waals surface area (Å²) < 4.78 is 5.00. The number of aromatic nitrogens is 2. The van der Waals surface area contributed by atoms with Crippen LogP contribution in [-0.4, -0.2) is 53.1 Å². The minimum atomic E-state index is -0.680. The van der Waals surface area contributed by atoms with E-state index in [9.17, 15) is 14.4 Å². The minimum Gasteiger partial charge on any atom is -0.451 e. The third-order valence-corrected chi connectivity index (χ3v) is 4.24. The Hall–Kier alpha value is -3.16. The molecule has 0 saturated carbocycles. The summed E-state index contributed by atoms with van der Waals surface area (Å²) in [5, 5.41) is 9.45. The zero-order valence-corrected chi connectivity index (χ0v) is 16.7. The highest BCUT2D eigenvalue weighted by atomic mass is 16.5. The van der Waals surface area contributed by atoms with Crippen molar-refractivity contribution in [3.63, 3.8) is 0 Å². The highest BCUT2D eigenvalue weighted by molar-refractivity contribution is 5.96. The molecule has 1 aromatic carbocycles. The van der Waals surface area contributed by atoms with Crippen molar-refractivity contribution in [3.05, 3.63) is 46.8 Å². The second-order valence-electron chi connectivity index (χ2n) is 6.67. The van der Waals surface area contributed by atoms with Crippen molar-refractivity contribution in [2.45, 2.75) is 33.6 Å². The molecule has 2 amide bonds. The molecule has 0 radical (unpaired) electrons. The zero-order valence-electron chi connectivity index (χ0n) is 16.7. The number of aryl methyl sites for hydroxylation is 3. The molecule has 28 heavy (non-hydrogen) atoms. The lowest BCUT2D eigenvalue weighted by atomic mass is 10.1. The number of hydrogen-bond donors (Lipinski definition) is 2. The lowest BCUT2D eigenvalue weighted by molar-refractivity contribution is -0.136. The molecule has 2 N–H and O–H groups in total. The van der Waals surface area contributed by atoms with Crippen molar-refractivity contribution in [2.24, 2.45) is 0 Å². The largest absolute Gasteiger partial charge is 0.451 e. The molecule has 8 heteroatoms. The van der Waals surface area contributed by atoms with Gasteiger partial charge in [0, 0.05) is 18.4 Å². The standard InChI is InChI=1S/C20H26N4O4/c1-5-7-15-10-16(23-22-15)20(27)28-12-18(26)24(4)11-17(25)21-19-13(2)8-6-9-14(19)3/h6,8-10H,5,7,11-12H2,1-4H3,(H,21,25)(H,22,23). The predicted molar refractivity (Wildman–Crippen MR) is 105 cm³/mol. The average Bonchev–Trinajstić information content (AvgIpc) is 3.11. The van der Waals surface area contributed by atoms with E-state index in [0.29, 0.717) is 0 Å². The van der Waals surface area contributed by atoms with Crippen LogP contribution in [0, 0.1) is 13.8 Å². The number of esters is 1. The second-order valence-corrected chi connectivity index (χ2v) is 6.67. The Morgan fingerprint density at radius 2 is 1.89 bits per heavy atom. The van der Waals surface area contributed by atoms with Gasteiger partial charge in [-0.05, 0) is 37.5 Å². The maximum atomic E-state index is 12.2. The van der Waals surface area contributed by atoms with E-state index in [2.05, 4.69) is 15.5 Å². The van der Waals surface area contributed by atoms with Gasteiger partial charge in [-0.15, -0.1) is 0 Å². The number of carbonyl (C=O) groups is 3. The Kier molecular flexibility index (Phi) is 7.31. The van der Waals surface area contributed by atoms with Crippen LogP contribution in [0.5, 0.6) is 0 Å². The normalized spacial score (nSPS) is 10.4. The first-order valence-corrected chi connectivity index (χ1v) is 9.13. The lowest BCUT2D eigenvalue weighted by Crippen LogP contribution is -2.37. The van der Waals surface area contributed by atoms with Gasteiger partial charge in [0.15, 0.2) is 12.3 Å². The van der Waals surface area contributed by atoms with Crippen LogP contribution in [0.15, 0.2) is 24.3 Å². The molecule has 0 saturated heterocycles. The Balaban J connectivity index is 1.83. The summed E-state index contributed by atoms with van der Waals surface area (Å²) in [6.07, 6.45) is 1.70. The molecule has 0 unspecified atom stereocenters. The Labute approximate surface area is 164 Å². The molecule has 8 nitrogen and oxygen atoms in total. The SMILES string of the molecule is CCCc1cc(C(=O)OCC(=O)N(C)CC(=O)Nc2c(C)cccc2C)n[nH]1. The number of ether oxygens (including phenoxy) is 1. The molecule has 0 aliphatic carbocycles. The van der Waals surface area contributed by atoms with Gasteiger partial charge in [0.1, 0.15) is 0 Å². The van der Waals surface area contributed by atoms with Gasteiger partial charge in [0.25, 0.3) is 5.91 Å². The predicted octanol–water partition coefficient (Wildman–Crippen LogP) is 2.23. The molecule has 2 aromatic rings. The number of likely N-dealkylation sites (N-methyl/N-ethyl adjacent to an activating group) is 1. The molecule has 0 fully saturated rings.